The van der Waals surface area contributed by atoms with Gasteiger partial charge in [-0.05, 0) is 96.4 Å². The summed E-state index contributed by atoms with van der Waals surface area (Å²) in [5, 5.41) is -0.296. The number of piperazine rings is 1. The van der Waals surface area contributed by atoms with Gasteiger partial charge in [-0.25, -0.2) is 17.9 Å². The summed E-state index contributed by atoms with van der Waals surface area (Å²) in [5.74, 6) is 1.01. The molecule has 3 unspecified atom stereocenters. The number of rotatable bonds is 4. The van der Waals surface area contributed by atoms with E-state index in [9.17, 15) is 18.0 Å². The van der Waals surface area contributed by atoms with Gasteiger partial charge in [0.15, 0.2) is 0 Å². The third-order valence-electron chi connectivity index (χ3n) is 9.04. The van der Waals surface area contributed by atoms with Crippen molar-refractivity contribution in [3.63, 3.8) is 0 Å². The van der Waals surface area contributed by atoms with Crippen LogP contribution < -0.4 is 4.72 Å². The zero-order valence-corrected chi connectivity index (χ0v) is 21.9. The molecule has 4 rings (SSSR count). The van der Waals surface area contributed by atoms with Gasteiger partial charge in [0.25, 0.3) is 0 Å². The topological polar surface area (TPSA) is 96.0 Å². The molecule has 8 nitrogen and oxygen atoms in total. The predicted octanol–water partition coefficient (Wildman–Crippen LogP) is 3.65. The van der Waals surface area contributed by atoms with Gasteiger partial charge in [-0.15, -0.1) is 0 Å². The van der Waals surface area contributed by atoms with Crippen LogP contribution in [-0.4, -0.2) is 73.3 Å². The minimum Gasteiger partial charge on any atom is -0.446 e. The summed E-state index contributed by atoms with van der Waals surface area (Å²) in [6.45, 7) is 4.19. The summed E-state index contributed by atoms with van der Waals surface area (Å²) in [5.41, 5.74) is 0. The van der Waals surface area contributed by atoms with E-state index in [1.807, 2.05) is 16.7 Å². The minimum absolute atomic E-state index is 0.0172. The number of nitrogens with zero attached hydrogens (tertiary/aromatic N) is 2. The highest BCUT2D eigenvalue weighted by Gasteiger charge is 2.48. The van der Waals surface area contributed by atoms with Crippen LogP contribution in [-0.2, 0) is 19.6 Å². The van der Waals surface area contributed by atoms with Gasteiger partial charge >= 0.3 is 6.09 Å². The van der Waals surface area contributed by atoms with Crippen molar-refractivity contribution in [2.24, 2.45) is 11.8 Å². The van der Waals surface area contributed by atoms with Crippen molar-refractivity contribution in [2.45, 2.75) is 120 Å². The molecular formula is C25H43N3O5S. The zero-order valence-electron chi connectivity index (χ0n) is 21.1. The monoisotopic (exact) mass is 497 g/mol. The minimum atomic E-state index is -3.22. The molecule has 3 aliphatic carbocycles. The molecule has 0 bridgehead atoms. The normalized spacial score (nSPS) is 35.5. The van der Waals surface area contributed by atoms with Gasteiger partial charge in [-0.1, -0.05) is 6.42 Å². The summed E-state index contributed by atoms with van der Waals surface area (Å²) in [7, 11) is -1.72. The highest BCUT2D eigenvalue weighted by atomic mass is 32.2. The van der Waals surface area contributed by atoms with Crippen LogP contribution in [0.5, 0.6) is 0 Å². The first-order valence-corrected chi connectivity index (χ1v) is 14.9. The summed E-state index contributed by atoms with van der Waals surface area (Å²) in [6, 6.07) is 0.00233. The molecule has 0 radical (unpaired) electrons. The van der Waals surface area contributed by atoms with E-state index in [4.69, 9.17) is 4.74 Å². The van der Waals surface area contributed by atoms with Gasteiger partial charge in [-0.3, -0.25) is 4.79 Å². The molecule has 1 saturated heterocycles. The molecule has 4 fully saturated rings. The number of carbonyl (C=O) groups is 2. The number of hydrogen-bond donors (Lipinski definition) is 1. The fraction of sp³-hybridized carbons (Fsp3) is 0.920. The van der Waals surface area contributed by atoms with Gasteiger partial charge < -0.3 is 14.5 Å². The Morgan fingerprint density at radius 3 is 2.15 bits per heavy atom. The zero-order chi connectivity index (χ0) is 24.5. The first kappa shape index (κ1) is 25.7. The second kappa shape index (κ2) is 10.7. The van der Waals surface area contributed by atoms with E-state index in [0.29, 0.717) is 31.2 Å². The molecule has 1 N–H and O–H groups in total. The lowest BCUT2D eigenvalue weighted by molar-refractivity contribution is -0.143. The third-order valence-corrected chi connectivity index (χ3v) is 11.0. The van der Waals surface area contributed by atoms with E-state index >= 15 is 0 Å². The van der Waals surface area contributed by atoms with Crippen LogP contribution in [0, 0.1) is 11.8 Å². The molecule has 0 aromatic carbocycles. The number of carbonyl (C=O) groups excluding carboxylic acids is 2. The standard InChI is InChI=1S/C25H43N3O5S/c1-17-16-27(25(30)33-21-7-5-4-6-8-21)24-15-20(11-14-23(24)28(17)18(2)29)19-9-12-22(13-10-19)34(31,32)26-3/h17,19-24,26H,4-16H2,1-3H3/t17-,19?,20?,22?,23?,24?/m0/s1. The average Bonchev–Trinajstić information content (AvgIpc) is 2.83. The molecule has 0 spiro atoms. The molecule has 3 saturated carbocycles. The van der Waals surface area contributed by atoms with Crippen molar-refractivity contribution in [1.82, 2.24) is 14.5 Å². The lowest BCUT2D eigenvalue weighted by Gasteiger charge is -2.54. The Kier molecular flexibility index (Phi) is 8.12. The van der Waals surface area contributed by atoms with Crippen LogP contribution in [0.4, 0.5) is 4.79 Å². The number of sulfonamides is 1. The highest BCUT2D eigenvalue weighted by Crippen LogP contribution is 2.43. The SMILES string of the molecule is CNS(=O)(=O)C1CCC(C2CCC3C(C2)N(C(=O)OC2CCCCC2)C[C@H](C)N3C(C)=O)CC1. The molecule has 0 aromatic heterocycles. The first-order valence-electron chi connectivity index (χ1n) is 13.4. The van der Waals surface area contributed by atoms with Crippen molar-refractivity contribution in [2.75, 3.05) is 13.6 Å². The van der Waals surface area contributed by atoms with Crippen molar-refractivity contribution in [3.05, 3.63) is 0 Å². The lowest BCUT2D eigenvalue weighted by atomic mass is 9.69. The molecule has 194 valence electrons. The van der Waals surface area contributed by atoms with Gasteiger partial charge in [0.2, 0.25) is 15.9 Å². The quantitative estimate of drug-likeness (QED) is 0.640. The Morgan fingerprint density at radius 2 is 1.53 bits per heavy atom. The number of amides is 2. The third kappa shape index (κ3) is 5.40. The van der Waals surface area contributed by atoms with Crippen LogP contribution in [0.25, 0.3) is 0 Å². The maximum Gasteiger partial charge on any atom is 0.410 e. The molecule has 1 heterocycles. The van der Waals surface area contributed by atoms with Crippen LogP contribution >= 0.6 is 0 Å². The largest absolute Gasteiger partial charge is 0.446 e. The summed E-state index contributed by atoms with van der Waals surface area (Å²) < 4.78 is 32.9. The Hall–Kier alpha value is -1.35. The van der Waals surface area contributed by atoms with Gasteiger partial charge in [0.05, 0.1) is 17.3 Å². The Morgan fingerprint density at radius 1 is 0.882 bits per heavy atom. The van der Waals surface area contributed by atoms with E-state index in [1.165, 1.54) is 13.5 Å². The maximum atomic E-state index is 13.3. The first-order chi connectivity index (χ1) is 16.2. The second-order valence-corrected chi connectivity index (χ2v) is 13.2. The Balaban J connectivity index is 1.46. The maximum absolute atomic E-state index is 13.3. The number of fused-ring (bicyclic) bond motifs is 1. The molecule has 4 atom stereocenters. The average molecular weight is 498 g/mol. The van der Waals surface area contributed by atoms with Crippen molar-refractivity contribution in [3.8, 4) is 0 Å². The summed E-state index contributed by atoms with van der Waals surface area (Å²) in [4.78, 5) is 29.8. The smallest absolute Gasteiger partial charge is 0.410 e. The molecule has 1 aliphatic heterocycles. The number of hydrogen-bond acceptors (Lipinski definition) is 5. The molecular weight excluding hydrogens is 454 g/mol. The highest BCUT2D eigenvalue weighted by molar-refractivity contribution is 7.90. The van der Waals surface area contributed by atoms with E-state index in [-0.39, 0.29) is 41.5 Å². The summed E-state index contributed by atoms with van der Waals surface area (Å²) >= 11 is 0. The summed E-state index contributed by atoms with van der Waals surface area (Å²) in [6.07, 6.45) is 11.2. The van der Waals surface area contributed by atoms with E-state index in [2.05, 4.69) is 4.72 Å². The van der Waals surface area contributed by atoms with E-state index < -0.39 is 10.0 Å². The Bertz CT molecular complexity index is 835. The van der Waals surface area contributed by atoms with Crippen molar-refractivity contribution >= 4 is 22.0 Å². The van der Waals surface area contributed by atoms with Crippen molar-refractivity contribution in [1.29, 1.82) is 0 Å². The second-order valence-electron chi connectivity index (χ2n) is 11.1. The lowest BCUT2D eigenvalue weighted by Crippen LogP contribution is -2.67. The molecule has 2 amide bonds. The van der Waals surface area contributed by atoms with Crippen molar-refractivity contribution < 1.29 is 22.7 Å². The number of ether oxygens (including phenoxy) is 1. The predicted molar refractivity (Wildman–Crippen MR) is 131 cm³/mol. The van der Waals surface area contributed by atoms with Gasteiger partial charge in [-0.2, -0.15) is 0 Å². The van der Waals surface area contributed by atoms with Crippen LogP contribution in [0.2, 0.25) is 0 Å². The Labute approximate surface area is 205 Å². The molecule has 0 aromatic rings. The molecule has 34 heavy (non-hydrogen) atoms. The fourth-order valence-electron chi connectivity index (χ4n) is 7.27. The molecule has 9 heteroatoms. The number of nitrogens with one attached hydrogen (secondary N) is 1. The fourth-order valence-corrected chi connectivity index (χ4v) is 8.49. The van der Waals surface area contributed by atoms with Gasteiger partial charge in [0.1, 0.15) is 6.10 Å². The van der Waals surface area contributed by atoms with Crippen LogP contribution in [0.15, 0.2) is 0 Å². The van der Waals surface area contributed by atoms with Crippen LogP contribution in [0.1, 0.15) is 90.9 Å². The van der Waals surface area contributed by atoms with Gasteiger partial charge in [0, 0.05) is 19.5 Å². The molecule has 4 aliphatic rings. The van der Waals surface area contributed by atoms with E-state index in [0.717, 1.165) is 57.8 Å². The van der Waals surface area contributed by atoms with Crippen LogP contribution in [0.3, 0.4) is 0 Å². The van der Waals surface area contributed by atoms with E-state index in [1.54, 1.807) is 6.92 Å².